The number of carbonyl (C=O) groups excluding carboxylic acids is 1. The molecule has 3 rings (SSSR count). The van der Waals surface area contributed by atoms with Crippen molar-refractivity contribution in [1.82, 2.24) is 15.5 Å². The Morgan fingerprint density at radius 1 is 1.05 bits per heavy atom. The normalized spacial score (nSPS) is 26.5. The van der Waals surface area contributed by atoms with E-state index in [9.17, 15) is 4.79 Å². The van der Waals surface area contributed by atoms with Crippen molar-refractivity contribution in [1.29, 1.82) is 0 Å². The topological polar surface area (TPSA) is 44.4 Å². The van der Waals surface area contributed by atoms with Gasteiger partial charge in [0.1, 0.15) is 0 Å². The highest BCUT2D eigenvalue weighted by Gasteiger charge is 2.39. The Morgan fingerprint density at radius 3 is 2.24 bits per heavy atom. The largest absolute Gasteiger partial charge is 0.354 e. The molecular weight excluding hydrogens is 286 g/mol. The molecule has 1 saturated carbocycles. The average Bonchev–Trinajstić information content (AvgIpc) is 2.45. The van der Waals surface area contributed by atoms with Gasteiger partial charge in [0, 0.05) is 25.2 Å². The molecule has 0 spiro atoms. The van der Waals surface area contributed by atoms with Crippen LogP contribution in [0.4, 0.5) is 0 Å². The van der Waals surface area contributed by atoms with E-state index in [0.29, 0.717) is 0 Å². The summed E-state index contributed by atoms with van der Waals surface area (Å²) in [6, 6.07) is 0. The van der Waals surface area contributed by atoms with Gasteiger partial charge in [-0.15, -0.1) is 12.4 Å². The second-order valence-corrected chi connectivity index (χ2v) is 6.91. The predicted octanol–water partition coefficient (Wildman–Crippen LogP) is 1.93. The van der Waals surface area contributed by atoms with Crippen molar-refractivity contribution in [2.45, 2.75) is 56.9 Å². The van der Waals surface area contributed by atoms with Crippen LogP contribution in [0.5, 0.6) is 0 Å². The number of halogens is 1. The third-order valence-electron chi connectivity index (χ3n) is 5.56. The van der Waals surface area contributed by atoms with E-state index in [2.05, 4.69) is 15.5 Å². The van der Waals surface area contributed by atoms with E-state index < -0.39 is 0 Å². The zero-order chi connectivity index (χ0) is 13.8. The minimum absolute atomic E-state index is 0. The molecule has 0 aromatic rings. The molecule has 2 saturated heterocycles. The number of carbonyl (C=O) groups is 1. The molecule has 0 aromatic heterocycles. The average molecular weight is 316 g/mol. The number of nitrogens with zero attached hydrogens (tertiary/aromatic N) is 1. The van der Waals surface area contributed by atoms with Gasteiger partial charge in [-0.3, -0.25) is 9.69 Å². The fraction of sp³-hybridized carbons (Fsp3) is 0.938. The summed E-state index contributed by atoms with van der Waals surface area (Å²) < 4.78 is 0. The Hall–Kier alpha value is -0.320. The Bertz CT molecular complexity index is 334. The van der Waals surface area contributed by atoms with Gasteiger partial charge in [0.25, 0.3) is 0 Å². The Morgan fingerprint density at radius 2 is 1.67 bits per heavy atom. The number of hydrogen-bond donors (Lipinski definition) is 2. The van der Waals surface area contributed by atoms with Gasteiger partial charge in [-0.25, -0.2) is 0 Å². The van der Waals surface area contributed by atoms with Gasteiger partial charge in [-0.2, -0.15) is 0 Å². The molecule has 1 aliphatic carbocycles. The Kier molecular flexibility index (Phi) is 6.33. The van der Waals surface area contributed by atoms with Gasteiger partial charge < -0.3 is 10.6 Å². The first kappa shape index (κ1) is 17.0. The van der Waals surface area contributed by atoms with Gasteiger partial charge in [-0.05, 0) is 38.8 Å². The Balaban J connectivity index is 0.00000161. The van der Waals surface area contributed by atoms with Crippen molar-refractivity contribution in [3.8, 4) is 0 Å². The molecule has 3 fully saturated rings. The second kappa shape index (κ2) is 7.80. The number of rotatable bonds is 4. The molecule has 0 radical (unpaired) electrons. The molecule has 0 aromatic carbocycles. The van der Waals surface area contributed by atoms with Crippen LogP contribution in [0, 0.1) is 5.92 Å². The monoisotopic (exact) mass is 315 g/mol. The lowest BCUT2D eigenvalue weighted by Gasteiger charge is -2.48. The van der Waals surface area contributed by atoms with Crippen molar-refractivity contribution < 1.29 is 4.79 Å². The van der Waals surface area contributed by atoms with Crippen LogP contribution in [0.3, 0.4) is 0 Å². The molecule has 2 heterocycles. The van der Waals surface area contributed by atoms with Crippen molar-refractivity contribution >= 4 is 18.3 Å². The highest BCUT2D eigenvalue weighted by atomic mass is 35.5. The number of nitrogens with one attached hydrogen (secondary N) is 2. The van der Waals surface area contributed by atoms with Crippen molar-refractivity contribution in [2.24, 2.45) is 5.92 Å². The third-order valence-corrected chi connectivity index (χ3v) is 5.56. The molecule has 2 aliphatic heterocycles. The van der Waals surface area contributed by atoms with Crippen LogP contribution in [0.1, 0.15) is 51.4 Å². The lowest BCUT2D eigenvalue weighted by molar-refractivity contribution is -0.127. The van der Waals surface area contributed by atoms with E-state index in [1.807, 2.05) is 0 Å². The van der Waals surface area contributed by atoms with Crippen molar-refractivity contribution in [2.75, 3.05) is 32.7 Å². The maximum Gasteiger partial charge on any atom is 0.225 e. The standard InChI is InChI=1S/C16H29N3O.ClH/c20-15(14-11-17-12-14)18-13-16(7-3-1-4-8-16)19-9-5-2-6-10-19;/h14,17H,1-13H2,(H,18,20);1H. The van der Waals surface area contributed by atoms with Crippen LogP contribution in [0.25, 0.3) is 0 Å². The van der Waals surface area contributed by atoms with Crippen LogP contribution < -0.4 is 10.6 Å². The second-order valence-electron chi connectivity index (χ2n) is 6.91. The van der Waals surface area contributed by atoms with E-state index >= 15 is 0 Å². The number of piperidine rings is 1. The van der Waals surface area contributed by atoms with Crippen LogP contribution in [0.2, 0.25) is 0 Å². The van der Waals surface area contributed by atoms with E-state index in [4.69, 9.17) is 0 Å². The molecule has 21 heavy (non-hydrogen) atoms. The fourth-order valence-electron chi connectivity index (χ4n) is 4.05. The van der Waals surface area contributed by atoms with Gasteiger partial charge in [-0.1, -0.05) is 25.7 Å². The highest BCUT2D eigenvalue weighted by Crippen LogP contribution is 2.35. The zero-order valence-electron chi connectivity index (χ0n) is 13.0. The van der Waals surface area contributed by atoms with Crippen molar-refractivity contribution in [3.63, 3.8) is 0 Å². The van der Waals surface area contributed by atoms with Gasteiger partial charge in [0.05, 0.1) is 5.92 Å². The molecule has 0 atom stereocenters. The highest BCUT2D eigenvalue weighted by molar-refractivity contribution is 5.85. The van der Waals surface area contributed by atoms with E-state index in [0.717, 1.165) is 19.6 Å². The summed E-state index contributed by atoms with van der Waals surface area (Å²) >= 11 is 0. The molecule has 0 bridgehead atoms. The lowest BCUT2D eigenvalue weighted by atomic mass is 9.79. The lowest BCUT2D eigenvalue weighted by Crippen LogP contribution is -2.60. The first-order valence-corrected chi connectivity index (χ1v) is 8.54. The summed E-state index contributed by atoms with van der Waals surface area (Å²) in [6.07, 6.45) is 10.6. The SMILES string of the molecule is Cl.O=C(NCC1(N2CCCCC2)CCCCC1)C1CNC1. The molecule has 0 unspecified atom stereocenters. The van der Waals surface area contributed by atoms with Crippen molar-refractivity contribution in [3.05, 3.63) is 0 Å². The molecule has 122 valence electrons. The van der Waals surface area contributed by atoms with E-state index in [1.165, 1.54) is 64.5 Å². The van der Waals surface area contributed by atoms with Crippen LogP contribution >= 0.6 is 12.4 Å². The van der Waals surface area contributed by atoms with E-state index in [1.54, 1.807) is 0 Å². The first-order valence-electron chi connectivity index (χ1n) is 8.54. The summed E-state index contributed by atoms with van der Waals surface area (Å²) in [7, 11) is 0. The summed E-state index contributed by atoms with van der Waals surface area (Å²) in [4.78, 5) is 14.8. The summed E-state index contributed by atoms with van der Waals surface area (Å²) in [5.41, 5.74) is 0.269. The maximum absolute atomic E-state index is 12.1. The van der Waals surface area contributed by atoms with Crippen LogP contribution in [-0.2, 0) is 4.79 Å². The minimum atomic E-state index is 0. The molecule has 1 amide bonds. The zero-order valence-corrected chi connectivity index (χ0v) is 13.8. The number of likely N-dealkylation sites (tertiary alicyclic amines) is 1. The summed E-state index contributed by atoms with van der Waals surface area (Å²) in [5.74, 6) is 0.489. The molecular formula is C16H30ClN3O. The summed E-state index contributed by atoms with van der Waals surface area (Å²) in [5, 5.41) is 6.45. The minimum Gasteiger partial charge on any atom is -0.354 e. The smallest absolute Gasteiger partial charge is 0.225 e. The number of hydrogen-bond acceptors (Lipinski definition) is 3. The van der Waals surface area contributed by atoms with Gasteiger partial charge in [0.15, 0.2) is 0 Å². The quantitative estimate of drug-likeness (QED) is 0.833. The predicted molar refractivity (Wildman–Crippen MR) is 87.9 cm³/mol. The van der Waals surface area contributed by atoms with Gasteiger partial charge >= 0.3 is 0 Å². The maximum atomic E-state index is 12.1. The summed E-state index contributed by atoms with van der Waals surface area (Å²) in [6.45, 7) is 5.08. The third kappa shape index (κ3) is 3.91. The van der Waals surface area contributed by atoms with Crippen LogP contribution in [-0.4, -0.2) is 49.1 Å². The Labute approximate surface area is 134 Å². The molecule has 3 aliphatic rings. The van der Waals surface area contributed by atoms with Gasteiger partial charge in [0.2, 0.25) is 5.91 Å². The molecule has 4 nitrogen and oxygen atoms in total. The fourth-order valence-corrected chi connectivity index (χ4v) is 4.05. The van der Waals surface area contributed by atoms with Crippen LogP contribution in [0.15, 0.2) is 0 Å². The molecule has 2 N–H and O–H groups in total. The first-order chi connectivity index (χ1) is 9.80. The van der Waals surface area contributed by atoms with E-state index in [-0.39, 0.29) is 29.8 Å². The number of amides is 1. The molecule has 5 heteroatoms.